The maximum atomic E-state index is 12.1. The van der Waals surface area contributed by atoms with Gasteiger partial charge in [0.25, 0.3) is 5.69 Å². The van der Waals surface area contributed by atoms with Crippen LogP contribution in [0, 0.1) is 10.1 Å². The van der Waals surface area contributed by atoms with Gasteiger partial charge >= 0.3 is 0 Å². The number of piperazine rings is 1. The van der Waals surface area contributed by atoms with Crippen LogP contribution in [0.2, 0.25) is 0 Å². The zero-order valence-corrected chi connectivity index (χ0v) is 12.9. The van der Waals surface area contributed by atoms with E-state index in [2.05, 4.69) is 0 Å². The molecule has 0 atom stereocenters. The third-order valence-electron chi connectivity index (χ3n) is 3.60. The quantitative estimate of drug-likeness (QED) is 0.620. The highest BCUT2D eigenvalue weighted by Gasteiger charge is 2.29. The molecule has 0 N–H and O–H groups in total. The minimum atomic E-state index is -3.23. The molecule has 0 amide bonds. The van der Waals surface area contributed by atoms with Crippen LogP contribution in [0.5, 0.6) is 0 Å². The normalized spacial score (nSPS) is 17.2. The number of non-ortho nitro benzene ring substituents is 1. The number of hydrogen-bond acceptors (Lipinski definition) is 5. The van der Waals surface area contributed by atoms with Gasteiger partial charge in [0.15, 0.2) is 0 Å². The molecule has 1 heterocycles. The smallest absolute Gasteiger partial charge is 0.271 e. The number of hydrogen-bond donors (Lipinski definition) is 0. The Bertz CT molecular complexity index is 622. The second kappa shape index (κ2) is 5.98. The molecule has 0 saturated carbocycles. The lowest BCUT2D eigenvalue weighted by atomic mass is 10.2. The first kappa shape index (κ1) is 15.7. The Balaban J connectivity index is 2.08. The zero-order chi connectivity index (χ0) is 15.6. The second-order valence-electron chi connectivity index (χ2n) is 5.26. The van der Waals surface area contributed by atoms with Crippen molar-refractivity contribution in [2.45, 2.75) is 19.1 Å². The fraction of sp³-hybridized carbons (Fsp3) is 0.538. The Morgan fingerprint density at radius 3 is 2.33 bits per heavy atom. The van der Waals surface area contributed by atoms with Gasteiger partial charge in [-0.05, 0) is 19.9 Å². The van der Waals surface area contributed by atoms with Crippen molar-refractivity contribution < 1.29 is 13.3 Å². The summed E-state index contributed by atoms with van der Waals surface area (Å²) in [5.74, 6) is 0. The average Bonchev–Trinajstić information content (AvgIpc) is 2.47. The van der Waals surface area contributed by atoms with Crippen molar-refractivity contribution in [3.05, 3.63) is 34.4 Å². The Morgan fingerprint density at radius 2 is 1.81 bits per heavy atom. The van der Waals surface area contributed by atoms with Gasteiger partial charge in [0.1, 0.15) is 0 Å². The maximum absolute atomic E-state index is 12.1. The van der Waals surface area contributed by atoms with Crippen LogP contribution in [0.25, 0.3) is 0 Å². The number of benzene rings is 1. The number of nitro benzene ring substituents is 1. The second-order valence-corrected chi connectivity index (χ2v) is 7.75. The van der Waals surface area contributed by atoms with Gasteiger partial charge in [0, 0.05) is 44.0 Å². The first-order chi connectivity index (χ1) is 9.82. The zero-order valence-electron chi connectivity index (χ0n) is 12.1. The van der Waals surface area contributed by atoms with Gasteiger partial charge in [-0.25, -0.2) is 8.42 Å². The molecule has 2 rings (SSSR count). The predicted molar refractivity (Wildman–Crippen MR) is 80.9 cm³/mol. The Labute approximate surface area is 124 Å². The fourth-order valence-corrected chi connectivity index (χ4v) is 3.57. The van der Waals surface area contributed by atoms with Crippen LogP contribution in [0.15, 0.2) is 24.3 Å². The minimum absolute atomic E-state index is 0.0460. The highest BCUT2D eigenvalue weighted by atomic mass is 32.2. The average molecular weight is 313 g/mol. The van der Waals surface area contributed by atoms with Crippen LogP contribution in [-0.4, -0.2) is 49.1 Å². The number of nitro groups is 1. The lowest BCUT2D eigenvalue weighted by molar-refractivity contribution is -0.384. The van der Waals surface area contributed by atoms with E-state index >= 15 is 0 Å². The van der Waals surface area contributed by atoms with Crippen molar-refractivity contribution >= 4 is 21.4 Å². The number of nitrogens with zero attached hydrogens (tertiary/aromatic N) is 3. The Hall–Kier alpha value is -1.67. The van der Waals surface area contributed by atoms with E-state index in [0.29, 0.717) is 26.2 Å². The molecule has 1 saturated heterocycles. The van der Waals surface area contributed by atoms with E-state index in [0.717, 1.165) is 5.69 Å². The van der Waals surface area contributed by atoms with Crippen molar-refractivity contribution in [2.24, 2.45) is 0 Å². The summed E-state index contributed by atoms with van der Waals surface area (Å²) in [6.45, 7) is 5.22. The van der Waals surface area contributed by atoms with Gasteiger partial charge in [0.05, 0.1) is 10.2 Å². The van der Waals surface area contributed by atoms with Crippen molar-refractivity contribution in [1.82, 2.24) is 4.31 Å². The molecule has 0 radical (unpaired) electrons. The van der Waals surface area contributed by atoms with E-state index in [1.165, 1.54) is 16.4 Å². The first-order valence-corrected chi connectivity index (χ1v) is 8.31. The van der Waals surface area contributed by atoms with Gasteiger partial charge in [-0.1, -0.05) is 6.07 Å². The number of anilines is 1. The topological polar surface area (TPSA) is 83.8 Å². The lowest BCUT2D eigenvalue weighted by Gasteiger charge is -2.36. The van der Waals surface area contributed by atoms with E-state index < -0.39 is 20.2 Å². The van der Waals surface area contributed by atoms with E-state index in [4.69, 9.17) is 0 Å². The number of rotatable bonds is 4. The van der Waals surface area contributed by atoms with Crippen LogP contribution >= 0.6 is 0 Å². The molecule has 0 aromatic heterocycles. The third kappa shape index (κ3) is 3.33. The summed E-state index contributed by atoms with van der Waals surface area (Å²) in [5, 5.41) is 10.4. The molecule has 1 aromatic rings. The first-order valence-electron chi connectivity index (χ1n) is 6.80. The molecule has 1 fully saturated rings. The minimum Gasteiger partial charge on any atom is -0.369 e. The molecule has 0 bridgehead atoms. The van der Waals surface area contributed by atoms with Crippen LogP contribution in [0.1, 0.15) is 13.8 Å². The molecule has 7 nitrogen and oxygen atoms in total. The Kier molecular flexibility index (Phi) is 4.48. The van der Waals surface area contributed by atoms with Crippen LogP contribution < -0.4 is 4.90 Å². The molecule has 116 valence electrons. The van der Waals surface area contributed by atoms with Gasteiger partial charge in [-0.2, -0.15) is 4.31 Å². The Morgan fingerprint density at radius 1 is 1.19 bits per heavy atom. The van der Waals surface area contributed by atoms with E-state index in [9.17, 15) is 18.5 Å². The molecule has 0 unspecified atom stereocenters. The summed E-state index contributed by atoms with van der Waals surface area (Å²) in [7, 11) is -3.23. The molecule has 8 heteroatoms. The monoisotopic (exact) mass is 313 g/mol. The summed E-state index contributed by atoms with van der Waals surface area (Å²) in [6, 6.07) is 6.42. The molecular formula is C13H19N3O4S. The predicted octanol–water partition coefficient (Wildman–Crippen LogP) is 1.45. The van der Waals surface area contributed by atoms with Gasteiger partial charge in [-0.15, -0.1) is 0 Å². The summed E-state index contributed by atoms with van der Waals surface area (Å²) in [6.07, 6.45) is 0. The maximum Gasteiger partial charge on any atom is 0.271 e. The summed E-state index contributed by atoms with van der Waals surface area (Å²) < 4.78 is 25.7. The summed E-state index contributed by atoms with van der Waals surface area (Å²) in [4.78, 5) is 12.3. The highest BCUT2D eigenvalue weighted by molar-refractivity contribution is 7.89. The van der Waals surface area contributed by atoms with Gasteiger partial charge in [0.2, 0.25) is 10.0 Å². The van der Waals surface area contributed by atoms with Gasteiger partial charge in [-0.3, -0.25) is 10.1 Å². The van der Waals surface area contributed by atoms with Crippen molar-refractivity contribution in [3.63, 3.8) is 0 Å². The summed E-state index contributed by atoms with van der Waals surface area (Å²) in [5.41, 5.74) is 0.801. The molecule has 1 aliphatic rings. The van der Waals surface area contributed by atoms with Gasteiger partial charge < -0.3 is 4.90 Å². The van der Waals surface area contributed by atoms with E-state index in [1.54, 1.807) is 26.0 Å². The molecular weight excluding hydrogens is 294 g/mol. The summed E-state index contributed by atoms with van der Waals surface area (Å²) >= 11 is 0. The van der Waals surface area contributed by atoms with Crippen LogP contribution in [-0.2, 0) is 10.0 Å². The highest BCUT2D eigenvalue weighted by Crippen LogP contribution is 2.23. The van der Waals surface area contributed by atoms with E-state index in [-0.39, 0.29) is 5.69 Å². The third-order valence-corrected chi connectivity index (χ3v) is 5.88. The van der Waals surface area contributed by atoms with Crippen molar-refractivity contribution in [2.75, 3.05) is 31.1 Å². The van der Waals surface area contributed by atoms with Crippen LogP contribution in [0.3, 0.4) is 0 Å². The molecule has 21 heavy (non-hydrogen) atoms. The van der Waals surface area contributed by atoms with E-state index in [1.807, 2.05) is 4.90 Å². The van der Waals surface area contributed by atoms with Crippen molar-refractivity contribution in [3.8, 4) is 0 Å². The molecule has 1 aliphatic heterocycles. The molecule has 1 aromatic carbocycles. The lowest BCUT2D eigenvalue weighted by Crippen LogP contribution is -2.50. The fourth-order valence-electron chi connectivity index (χ4n) is 2.30. The molecule has 0 aliphatic carbocycles. The SMILES string of the molecule is CC(C)S(=O)(=O)N1CCN(c2cccc([N+](=O)[O-])c2)CC1. The van der Waals surface area contributed by atoms with Crippen molar-refractivity contribution in [1.29, 1.82) is 0 Å². The number of sulfonamides is 1. The van der Waals surface area contributed by atoms with Crippen LogP contribution in [0.4, 0.5) is 11.4 Å². The molecule has 0 spiro atoms. The largest absolute Gasteiger partial charge is 0.369 e. The standard InChI is InChI=1S/C13H19N3O4S/c1-11(2)21(19,20)15-8-6-14(7-9-15)12-4-3-5-13(10-12)16(17)18/h3-5,10-11H,6-9H2,1-2H3.